The van der Waals surface area contributed by atoms with E-state index in [-0.39, 0.29) is 16.9 Å². The minimum atomic E-state index is -0.568. The average Bonchev–Trinajstić information content (AvgIpc) is 2.08. The molecule has 0 amide bonds. The van der Waals surface area contributed by atoms with Gasteiger partial charge in [0.2, 0.25) is 0 Å². The number of benzene rings is 1. The van der Waals surface area contributed by atoms with Gasteiger partial charge in [-0.3, -0.25) is 0 Å². The number of halogens is 1. The Morgan fingerprint density at radius 3 is 2.69 bits per heavy atom. The lowest BCUT2D eigenvalue weighted by Gasteiger charge is -2.09. The first-order valence-electron chi connectivity index (χ1n) is 3.74. The van der Waals surface area contributed by atoms with E-state index in [2.05, 4.69) is 0 Å². The second-order valence-electron chi connectivity index (χ2n) is 2.79. The molecule has 0 bridgehead atoms. The van der Waals surface area contributed by atoms with Crippen LogP contribution in [0.2, 0.25) is 0 Å². The van der Waals surface area contributed by atoms with Crippen molar-refractivity contribution >= 4 is 0 Å². The lowest BCUT2D eigenvalue weighted by atomic mass is 10.0. The van der Waals surface area contributed by atoms with Gasteiger partial charge in [0.25, 0.3) is 0 Å². The standard InChI is InChI=1S/C9H9FN2O/c1-5(12)8-3-7(10)2-6(4-11)9(8)13/h2-3,5,13H,12H2,1H3. The summed E-state index contributed by atoms with van der Waals surface area (Å²) in [5.41, 5.74) is 5.63. The van der Waals surface area contributed by atoms with Crippen LogP contribution in [0.5, 0.6) is 5.75 Å². The van der Waals surface area contributed by atoms with Gasteiger partial charge in [-0.05, 0) is 19.1 Å². The van der Waals surface area contributed by atoms with Gasteiger partial charge in [-0.15, -0.1) is 0 Å². The zero-order valence-corrected chi connectivity index (χ0v) is 7.08. The number of phenolic OH excluding ortho intramolecular Hbond substituents is 1. The van der Waals surface area contributed by atoms with Crippen LogP contribution in [0.4, 0.5) is 4.39 Å². The van der Waals surface area contributed by atoms with E-state index in [4.69, 9.17) is 11.0 Å². The minimum absolute atomic E-state index is 0.0905. The Hall–Kier alpha value is -1.60. The van der Waals surface area contributed by atoms with Crippen molar-refractivity contribution in [1.29, 1.82) is 5.26 Å². The maximum Gasteiger partial charge on any atom is 0.138 e. The maximum absolute atomic E-state index is 12.8. The lowest BCUT2D eigenvalue weighted by Crippen LogP contribution is -2.06. The van der Waals surface area contributed by atoms with Crippen LogP contribution in [0, 0.1) is 17.1 Å². The van der Waals surface area contributed by atoms with E-state index in [9.17, 15) is 9.50 Å². The van der Waals surface area contributed by atoms with Crippen LogP contribution in [0.1, 0.15) is 24.1 Å². The molecular weight excluding hydrogens is 171 g/mol. The van der Waals surface area contributed by atoms with Crippen LogP contribution in [-0.2, 0) is 0 Å². The predicted octanol–water partition coefficient (Wildman–Crippen LogP) is 1.42. The molecular formula is C9H9FN2O. The Labute approximate surface area is 75.2 Å². The van der Waals surface area contributed by atoms with E-state index in [1.54, 1.807) is 13.0 Å². The predicted molar refractivity (Wildman–Crippen MR) is 45.4 cm³/mol. The summed E-state index contributed by atoms with van der Waals surface area (Å²) in [6, 6.07) is 3.29. The van der Waals surface area contributed by atoms with Crippen LogP contribution in [-0.4, -0.2) is 5.11 Å². The molecule has 3 nitrogen and oxygen atoms in total. The molecule has 1 atom stereocenters. The second-order valence-corrected chi connectivity index (χ2v) is 2.79. The number of nitrogens with zero attached hydrogens (tertiary/aromatic N) is 1. The topological polar surface area (TPSA) is 70.0 Å². The van der Waals surface area contributed by atoms with E-state index in [1.807, 2.05) is 0 Å². The van der Waals surface area contributed by atoms with Gasteiger partial charge >= 0.3 is 0 Å². The molecule has 1 aromatic rings. The molecule has 0 aliphatic carbocycles. The molecule has 0 saturated heterocycles. The molecule has 0 spiro atoms. The highest BCUT2D eigenvalue weighted by atomic mass is 19.1. The first kappa shape index (κ1) is 9.49. The van der Waals surface area contributed by atoms with Gasteiger partial charge in [-0.2, -0.15) is 5.26 Å². The molecule has 0 aliphatic rings. The molecule has 0 radical (unpaired) electrons. The highest BCUT2D eigenvalue weighted by Crippen LogP contribution is 2.27. The summed E-state index contributed by atoms with van der Waals surface area (Å²) in [6.07, 6.45) is 0. The smallest absolute Gasteiger partial charge is 0.138 e. The zero-order chi connectivity index (χ0) is 10.0. The number of hydrogen-bond acceptors (Lipinski definition) is 3. The normalized spacial score (nSPS) is 12.2. The minimum Gasteiger partial charge on any atom is -0.506 e. The largest absolute Gasteiger partial charge is 0.506 e. The number of hydrogen-bond donors (Lipinski definition) is 2. The van der Waals surface area contributed by atoms with E-state index < -0.39 is 11.9 Å². The van der Waals surface area contributed by atoms with E-state index in [0.717, 1.165) is 12.1 Å². The first-order valence-corrected chi connectivity index (χ1v) is 3.74. The van der Waals surface area contributed by atoms with Crippen molar-refractivity contribution in [3.05, 3.63) is 29.1 Å². The molecule has 0 heterocycles. The molecule has 68 valence electrons. The molecule has 1 aromatic carbocycles. The van der Waals surface area contributed by atoms with Crippen molar-refractivity contribution in [3.8, 4) is 11.8 Å². The average molecular weight is 180 g/mol. The first-order chi connectivity index (χ1) is 6.06. The van der Waals surface area contributed by atoms with Gasteiger partial charge in [0.1, 0.15) is 17.6 Å². The van der Waals surface area contributed by atoms with Crippen LogP contribution in [0.15, 0.2) is 12.1 Å². The van der Waals surface area contributed by atoms with E-state index in [1.165, 1.54) is 0 Å². The highest BCUT2D eigenvalue weighted by Gasteiger charge is 2.12. The van der Waals surface area contributed by atoms with Crippen LogP contribution in [0.3, 0.4) is 0 Å². The van der Waals surface area contributed by atoms with Crippen LogP contribution in [0.25, 0.3) is 0 Å². The molecule has 0 fully saturated rings. The Bertz CT molecular complexity index is 369. The Morgan fingerprint density at radius 1 is 1.62 bits per heavy atom. The summed E-state index contributed by atoms with van der Waals surface area (Å²) < 4.78 is 12.8. The van der Waals surface area contributed by atoms with E-state index in [0.29, 0.717) is 0 Å². The highest BCUT2D eigenvalue weighted by molar-refractivity contribution is 5.48. The SMILES string of the molecule is CC(N)c1cc(F)cc(C#N)c1O. The monoisotopic (exact) mass is 180 g/mol. The molecule has 0 aliphatic heterocycles. The van der Waals surface area contributed by atoms with Crippen molar-refractivity contribution in [2.24, 2.45) is 5.73 Å². The van der Waals surface area contributed by atoms with Gasteiger partial charge in [-0.25, -0.2) is 4.39 Å². The van der Waals surface area contributed by atoms with Crippen LogP contribution < -0.4 is 5.73 Å². The third kappa shape index (κ3) is 1.76. The molecule has 0 aromatic heterocycles. The number of nitrogens with two attached hydrogens (primary N) is 1. The van der Waals surface area contributed by atoms with Gasteiger partial charge in [0, 0.05) is 11.6 Å². The molecule has 4 heteroatoms. The Kier molecular flexibility index (Phi) is 2.49. The molecule has 3 N–H and O–H groups in total. The number of nitriles is 1. The van der Waals surface area contributed by atoms with Gasteiger partial charge in [-0.1, -0.05) is 0 Å². The maximum atomic E-state index is 12.8. The fourth-order valence-corrected chi connectivity index (χ4v) is 1.05. The van der Waals surface area contributed by atoms with Crippen molar-refractivity contribution in [2.75, 3.05) is 0 Å². The fraction of sp³-hybridized carbons (Fsp3) is 0.222. The molecule has 13 heavy (non-hydrogen) atoms. The summed E-state index contributed by atoms with van der Waals surface area (Å²) in [6.45, 7) is 1.61. The fourth-order valence-electron chi connectivity index (χ4n) is 1.05. The summed E-state index contributed by atoms with van der Waals surface area (Å²) >= 11 is 0. The Morgan fingerprint density at radius 2 is 2.23 bits per heavy atom. The van der Waals surface area contributed by atoms with Crippen molar-refractivity contribution < 1.29 is 9.50 Å². The third-order valence-corrected chi connectivity index (χ3v) is 1.72. The Balaban J connectivity index is 3.38. The summed E-state index contributed by atoms with van der Waals surface area (Å²) in [4.78, 5) is 0. The van der Waals surface area contributed by atoms with Gasteiger partial charge in [0.15, 0.2) is 0 Å². The summed E-state index contributed by atoms with van der Waals surface area (Å²) in [5.74, 6) is -0.805. The van der Waals surface area contributed by atoms with Crippen molar-refractivity contribution in [2.45, 2.75) is 13.0 Å². The van der Waals surface area contributed by atoms with E-state index >= 15 is 0 Å². The molecule has 1 rings (SSSR count). The molecule has 1 unspecified atom stereocenters. The lowest BCUT2D eigenvalue weighted by molar-refractivity contribution is 0.459. The number of phenols is 1. The third-order valence-electron chi connectivity index (χ3n) is 1.72. The molecule has 0 saturated carbocycles. The summed E-state index contributed by atoms with van der Waals surface area (Å²) in [7, 11) is 0. The number of rotatable bonds is 1. The quantitative estimate of drug-likeness (QED) is 0.686. The second kappa shape index (κ2) is 3.42. The zero-order valence-electron chi connectivity index (χ0n) is 7.08. The van der Waals surface area contributed by atoms with Gasteiger partial charge < -0.3 is 10.8 Å². The van der Waals surface area contributed by atoms with Crippen molar-refractivity contribution in [3.63, 3.8) is 0 Å². The number of aromatic hydroxyl groups is 1. The summed E-state index contributed by atoms with van der Waals surface area (Å²) in [5, 5.41) is 17.9. The van der Waals surface area contributed by atoms with Crippen LogP contribution >= 0.6 is 0 Å². The van der Waals surface area contributed by atoms with Gasteiger partial charge in [0.05, 0.1) is 5.56 Å². The van der Waals surface area contributed by atoms with Crippen molar-refractivity contribution in [1.82, 2.24) is 0 Å².